The number of aliphatic hydroxyl groups is 2. The lowest BCUT2D eigenvalue weighted by molar-refractivity contribution is 0.0196. The highest BCUT2D eigenvalue weighted by Gasteiger charge is 2.43. The number of hydrogen-bond donors (Lipinski definition) is 2. The smallest absolute Gasteiger partial charge is 0.199 e. The lowest BCUT2D eigenvalue weighted by Crippen LogP contribution is -2.39. The van der Waals surface area contributed by atoms with Crippen LogP contribution in [-0.2, 0) is 11.2 Å². The molecule has 4 aromatic rings. The first-order valence-corrected chi connectivity index (χ1v) is 13.7. The molecular weight excluding hydrogens is 590 g/mol. The number of carbonyl (C=O) groups is 2. The van der Waals surface area contributed by atoms with Crippen molar-refractivity contribution in [2.24, 2.45) is 0 Å². The molecule has 2 atom stereocenters. The number of rotatable bonds is 10. The molecule has 0 fully saturated rings. The van der Waals surface area contributed by atoms with Gasteiger partial charge in [-0.25, -0.2) is 0 Å². The molecule has 4 rings (SSSR count). The highest BCUT2D eigenvalue weighted by Crippen LogP contribution is 2.39. The lowest BCUT2D eigenvalue weighted by Gasteiger charge is -2.32. The first kappa shape index (κ1) is 30.0. The van der Waals surface area contributed by atoms with Gasteiger partial charge in [0.1, 0.15) is 0 Å². The van der Waals surface area contributed by atoms with Gasteiger partial charge >= 0.3 is 0 Å². The standard InChI is InChI=1S/C32H24Cl4O4/c1-20(18-31(39,23-6-14-27(35)15-7-23)29(37)21-2-10-25(33)11-3-21)19-32(40,24-8-16-28(36)17-9-24)30(38)22-4-12-26(34)13-5-22/h2-17,39-40H,1,18-19H2. The zero-order chi connectivity index (χ0) is 29.1. The number of benzene rings is 4. The number of halogens is 4. The van der Waals surface area contributed by atoms with Gasteiger partial charge in [-0.2, -0.15) is 0 Å². The van der Waals surface area contributed by atoms with Gasteiger partial charge in [0.15, 0.2) is 22.8 Å². The quantitative estimate of drug-likeness (QED) is 0.139. The average Bonchev–Trinajstić information content (AvgIpc) is 2.93. The van der Waals surface area contributed by atoms with Gasteiger partial charge in [-0.1, -0.05) is 82.8 Å². The third kappa shape index (κ3) is 6.50. The van der Waals surface area contributed by atoms with E-state index in [2.05, 4.69) is 6.58 Å². The molecule has 0 amide bonds. The van der Waals surface area contributed by atoms with Crippen molar-refractivity contribution in [1.82, 2.24) is 0 Å². The van der Waals surface area contributed by atoms with Crippen LogP contribution in [0, 0.1) is 0 Å². The topological polar surface area (TPSA) is 74.6 Å². The summed E-state index contributed by atoms with van der Waals surface area (Å²) >= 11 is 24.1. The largest absolute Gasteiger partial charge is 0.377 e. The Morgan fingerprint density at radius 3 is 1.05 bits per heavy atom. The summed E-state index contributed by atoms with van der Waals surface area (Å²) in [7, 11) is 0. The summed E-state index contributed by atoms with van der Waals surface area (Å²) in [5.41, 5.74) is -2.92. The van der Waals surface area contributed by atoms with Crippen LogP contribution in [0.1, 0.15) is 44.7 Å². The average molecular weight is 614 g/mol. The predicted molar refractivity (Wildman–Crippen MR) is 161 cm³/mol. The number of Topliss-reactive ketones (excluding diaryl/α,β-unsaturated/α-hetero) is 2. The molecule has 0 saturated heterocycles. The van der Waals surface area contributed by atoms with E-state index in [4.69, 9.17) is 46.4 Å². The van der Waals surface area contributed by atoms with E-state index in [-0.39, 0.29) is 40.7 Å². The Bertz CT molecular complexity index is 1420. The molecular formula is C32H24Cl4O4. The fourth-order valence-electron chi connectivity index (χ4n) is 4.54. The van der Waals surface area contributed by atoms with E-state index in [1.54, 1.807) is 72.8 Å². The zero-order valence-corrected chi connectivity index (χ0v) is 24.1. The molecule has 4 nitrogen and oxygen atoms in total. The number of carbonyl (C=O) groups excluding carboxylic acids is 2. The second kappa shape index (κ2) is 12.3. The van der Waals surface area contributed by atoms with Crippen LogP contribution in [0.5, 0.6) is 0 Å². The fraction of sp³-hybridized carbons (Fsp3) is 0.125. The first-order valence-electron chi connectivity index (χ1n) is 12.2. The summed E-state index contributed by atoms with van der Waals surface area (Å²) in [5, 5.41) is 25.6. The fourth-order valence-corrected chi connectivity index (χ4v) is 5.05. The molecule has 0 aliphatic carbocycles. The lowest BCUT2D eigenvalue weighted by atomic mass is 9.76. The van der Waals surface area contributed by atoms with E-state index in [9.17, 15) is 19.8 Å². The van der Waals surface area contributed by atoms with Crippen molar-refractivity contribution in [2.45, 2.75) is 24.0 Å². The Hall–Kier alpha value is -2.96. The summed E-state index contributed by atoms with van der Waals surface area (Å²) in [5.74, 6) is -1.21. The van der Waals surface area contributed by atoms with Gasteiger partial charge in [0.25, 0.3) is 0 Å². The van der Waals surface area contributed by atoms with Crippen molar-refractivity contribution >= 4 is 58.0 Å². The van der Waals surface area contributed by atoms with Crippen LogP contribution in [0.15, 0.2) is 109 Å². The van der Waals surface area contributed by atoms with E-state index in [0.717, 1.165) is 0 Å². The molecule has 0 aromatic heterocycles. The minimum atomic E-state index is -2.08. The normalized spacial score (nSPS) is 14.2. The molecule has 0 heterocycles. The predicted octanol–water partition coefficient (Wildman–Crippen LogP) is 8.48. The minimum absolute atomic E-state index is 0.222. The molecule has 204 valence electrons. The Morgan fingerprint density at radius 2 is 0.775 bits per heavy atom. The summed E-state index contributed by atoms with van der Waals surface area (Å²) < 4.78 is 0. The molecule has 8 heteroatoms. The maximum absolute atomic E-state index is 13.7. The third-order valence-corrected chi connectivity index (χ3v) is 7.63. The molecule has 0 saturated carbocycles. The number of hydrogen-bond acceptors (Lipinski definition) is 4. The molecule has 0 spiro atoms. The van der Waals surface area contributed by atoms with Crippen molar-refractivity contribution in [2.75, 3.05) is 0 Å². The van der Waals surface area contributed by atoms with Crippen LogP contribution in [-0.4, -0.2) is 21.8 Å². The molecule has 2 unspecified atom stereocenters. The van der Waals surface area contributed by atoms with E-state index >= 15 is 0 Å². The maximum atomic E-state index is 13.7. The van der Waals surface area contributed by atoms with E-state index in [1.165, 1.54) is 24.3 Å². The number of ketones is 2. The van der Waals surface area contributed by atoms with Crippen molar-refractivity contribution < 1.29 is 19.8 Å². The van der Waals surface area contributed by atoms with Gasteiger partial charge in [0.05, 0.1) is 0 Å². The SMILES string of the molecule is C=C(CC(O)(C(=O)c1ccc(Cl)cc1)c1ccc(Cl)cc1)CC(O)(C(=O)c1ccc(Cl)cc1)c1ccc(Cl)cc1. The van der Waals surface area contributed by atoms with Gasteiger partial charge in [-0.15, -0.1) is 0 Å². The summed E-state index contributed by atoms with van der Waals surface area (Å²) in [6, 6.07) is 24.7. The molecule has 0 aliphatic rings. The van der Waals surface area contributed by atoms with Gasteiger partial charge < -0.3 is 10.2 Å². The monoisotopic (exact) mass is 612 g/mol. The Balaban J connectivity index is 1.73. The maximum Gasteiger partial charge on any atom is 0.199 e. The Labute approximate surface area is 252 Å². The van der Waals surface area contributed by atoms with E-state index < -0.39 is 22.8 Å². The third-order valence-electron chi connectivity index (χ3n) is 6.62. The van der Waals surface area contributed by atoms with Crippen LogP contribution in [0.25, 0.3) is 0 Å². The van der Waals surface area contributed by atoms with Gasteiger partial charge in [0, 0.05) is 44.1 Å². The van der Waals surface area contributed by atoms with Gasteiger partial charge in [0.2, 0.25) is 0 Å². The van der Waals surface area contributed by atoms with Crippen LogP contribution in [0.4, 0.5) is 0 Å². The van der Waals surface area contributed by atoms with E-state index in [0.29, 0.717) is 20.1 Å². The highest BCUT2D eigenvalue weighted by molar-refractivity contribution is 6.31. The van der Waals surface area contributed by atoms with E-state index in [1.807, 2.05) is 0 Å². The molecule has 0 bridgehead atoms. The minimum Gasteiger partial charge on any atom is -0.377 e. The molecule has 40 heavy (non-hydrogen) atoms. The van der Waals surface area contributed by atoms with Crippen LogP contribution < -0.4 is 0 Å². The Kier molecular flexibility index (Phi) is 9.21. The van der Waals surface area contributed by atoms with Crippen molar-refractivity contribution in [3.63, 3.8) is 0 Å². The molecule has 2 N–H and O–H groups in total. The second-order valence-corrected chi connectivity index (χ2v) is 11.3. The summed E-state index contributed by atoms with van der Waals surface area (Å²) in [4.78, 5) is 27.5. The molecule has 0 aliphatic heterocycles. The second-order valence-electron chi connectivity index (χ2n) is 9.51. The molecule has 0 radical (unpaired) electrons. The molecule has 4 aromatic carbocycles. The van der Waals surface area contributed by atoms with Crippen LogP contribution in [0.3, 0.4) is 0 Å². The van der Waals surface area contributed by atoms with Crippen molar-refractivity contribution in [1.29, 1.82) is 0 Å². The first-order chi connectivity index (χ1) is 18.9. The van der Waals surface area contributed by atoms with Crippen molar-refractivity contribution in [3.8, 4) is 0 Å². The van der Waals surface area contributed by atoms with Crippen molar-refractivity contribution in [3.05, 3.63) is 152 Å². The summed E-state index contributed by atoms with van der Waals surface area (Å²) in [6.07, 6.45) is -0.584. The highest BCUT2D eigenvalue weighted by atomic mass is 35.5. The van der Waals surface area contributed by atoms with Gasteiger partial charge in [-0.3, -0.25) is 9.59 Å². The summed E-state index contributed by atoms with van der Waals surface area (Å²) in [6.45, 7) is 4.07. The zero-order valence-electron chi connectivity index (χ0n) is 21.1. The Morgan fingerprint density at radius 1 is 0.525 bits per heavy atom. The van der Waals surface area contributed by atoms with Crippen LogP contribution in [0.2, 0.25) is 20.1 Å². The van der Waals surface area contributed by atoms with Gasteiger partial charge in [-0.05, 0) is 83.9 Å². The van der Waals surface area contributed by atoms with Crippen LogP contribution >= 0.6 is 46.4 Å².